The number of aromatic amines is 1. The smallest absolute Gasteiger partial charge is 0.0459 e. The average Bonchev–Trinajstić information content (AvgIpc) is 3.22. The molecule has 2 heterocycles. The second kappa shape index (κ2) is 8.91. The first-order valence-corrected chi connectivity index (χ1v) is 11.9. The molecule has 1 N–H and O–H groups in total. The van der Waals surface area contributed by atoms with Crippen LogP contribution in [0.25, 0.3) is 10.9 Å². The minimum absolute atomic E-state index is 0.140. The van der Waals surface area contributed by atoms with E-state index < -0.39 is 0 Å². The number of rotatable bonds is 6. The number of H-pyrrole nitrogens is 1. The third-order valence-corrected chi connectivity index (χ3v) is 7.65. The van der Waals surface area contributed by atoms with Gasteiger partial charge in [0.2, 0.25) is 0 Å². The fourth-order valence-corrected chi connectivity index (χ4v) is 5.78. The number of benzene rings is 2. The highest BCUT2D eigenvalue weighted by Gasteiger charge is 2.39. The molecule has 0 spiro atoms. The van der Waals surface area contributed by atoms with E-state index in [4.69, 9.17) is 0 Å². The van der Waals surface area contributed by atoms with Gasteiger partial charge in [0.1, 0.15) is 0 Å². The van der Waals surface area contributed by atoms with Crippen LogP contribution in [0.4, 0.5) is 0 Å². The second-order valence-corrected chi connectivity index (χ2v) is 9.48. The lowest BCUT2D eigenvalue weighted by Gasteiger charge is -2.45. The van der Waals surface area contributed by atoms with E-state index in [1.165, 1.54) is 59.0 Å². The van der Waals surface area contributed by atoms with Gasteiger partial charge in [0.05, 0.1) is 0 Å². The Morgan fingerprint density at radius 3 is 2.28 bits per heavy atom. The molecule has 3 nitrogen and oxygen atoms in total. The fraction of sp³-hybridized carbons (Fsp3) is 0.345. The summed E-state index contributed by atoms with van der Waals surface area (Å²) in [5, 5.41) is 1.39. The van der Waals surface area contributed by atoms with Crippen molar-refractivity contribution in [3.63, 3.8) is 0 Å². The largest absolute Gasteiger partial charge is 0.358 e. The van der Waals surface area contributed by atoms with Crippen LogP contribution in [-0.2, 0) is 18.4 Å². The van der Waals surface area contributed by atoms with Gasteiger partial charge in [-0.3, -0.25) is 9.88 Å². The van der Waals surface area contributed by atoms with E-state index in [9.17, 15) is 0 Å². The summed E-state index contributed by atoms with van der Waals surface area (Å²) in [7, 11) is 4.49. The van der Waals surface area contributed by atoms with Gasteiger partial charge in [0.15, 0.2) is 0 Å². The third kappa shape index (κ3) is 3.86. The van der Waals surface area contributed by atoms with Crippen molar-refractivity contribution in [2.45, 2.75) is 50.0 Å². The monoisotopic (exact) mass is 423 g/mol. The Morgan fingerprint density at radius 1 is 0.875 bits per heavy atom. The highest BCUT2D eigenvalue weighted by Crippen LogP contribution is 2.47. The Bertz CT molecular complexity index is 1150. The van der Waals surface area contributed by atoms with Gasteiger partial charge in [-0.25, -0.2) is 0 Å². The van der Waals surface area contributed by atoms with Crippen LogP contribution in [0.5, 0.6) is 0 Å². The Balaban J connectivity index is 1.43. The lowest BCUT2D eigenvalue weighted by molar-refractivity contribution is 0.0903. The highest BCUT2D eigenvalue weighted by molar-refractivity contribution is 5.85. The van der Waals surface area contributed by atoms with Crippen LogP contribution in [0.2, 0.25) is 0 Å². The molecule has 1 saturated carbocycles. The molecule has 1 aliphatic carbocycles. The highest BCUT2D eigenvalue weighted by atomic mass is 15.1. The minimum atomic E-state index is 0.140. The maximum Gasteiger partial charge on any atom is 0.0459 e. The predicted octanol–water partition coefficient (Wildman–Crippen LogP) is 6.46. The van der Waals surface area contributed by atoms with Crippen molar-refractivity contribution in [2.24, 2.45) is 0 Å². The van der Waals surface area contributed by atoms with Gasteiger partial charge in [-0.2, -0.15) is 0 Å². The zero-order valence-corrected chi connectivity index (χ0v) is 19.2. The number of aromatic nitrogens is 2. The number of fused-ring (bicyclic) bond motifs is 1. The summed E-state index contributed by atoms with van der Waals surface area (Å²) in [5.74, 6) is 0.589. The molecule has 1 fully saturated rings. The maximum atomic E-state index is 4.17. The quantitative estimate of drug-likeness (QED) is 0.386. The molecule has 3 heteroatoms. The second-order valence-electron chi connectivity index (χ2n) is 9.48. The van der Waals surface area contributed by atoms with Crippen molar-refractivity contribution in [3.05, 3.63) is 102 Å². The maximum absolute atomic E-state index is 4.17. The average molecular weight is 424 g/mol. The van der Waals surface area contributed by atoms with E-state index in [0.29, 0.717) is 5.92 Å². The molecule has 0 unspecified atom stereocenters. The number of nitrogens with one attached hydrogen (secondary N) is 1. The topological polar surface area (TPSA) is 31.9 Å². The molecule has 0 saturated heterocycles. The van der Waals surface area contributed by atoms with Crippen molar-refractivity contribution in [2.75, 3.05) is 14.1 Å². The first-order chi connectivity index (χ1) is 15.7. The van der Waals surface area contributed by atoms with Crippen LogP contribution in [0.15, 0.2) is 79.1 Å². The normalized spacial score (nSPS) is 21.3. The van der Waals surface area contributed by atoms with E-state index in [0.717, 1.165) is 12.8 Å². The lowest BCUT2D eigenvalue weighted by atomic mass is 9.70. The Labute approximate surface area is 191 Å². The van der Waals surface area contributed by atoms with Crippen LogP contribution >= 0.6 is 0 Å². The van der Waals surface area contributed by atoms with Crippen molar-refractivity contribution in [3.8, 4) is 0 Å². The van der Waals surface area contributed by atoms with Crippen molar-refractivity contribution in [1.29, 1.82) is 0 Å². The molecule has 32 heavy (non-hydrogen) atoms. The van der Waals surface area contributed by atoms with Gasteiger partial charge in [0.25, 0.3) is 0 Å². The SMILES string of the molecule is CN(C)C1(c2ccccc2)CCC(c2[nH]c3ccccc3c2CCc2ccncc2)CC1. The number of hydrogen-bond acceptors (Lipinski definition) is 2. The summed E-state index contributed by atoms with van der Waals surface area (Å²) >= 11 is 0. The van der Waals surface area contributed by atoms with Crippen molar-refractivity contribution in [1.82, 2.24) is 14.9 Å². The van der Waals surface area contributed by atoms with E-state index in [1.54, 1.807) is 0 Å². The Kier molecular flexibility index (Phi) is 5.84. The Hall–Kier alpha value is -2.91. The molecular formula is C29H33N3. The summed E-state index contributed by atoms with van der Waals surface area (Å²) < 4.78 is 0. The van der Waals surface area contributed by atoms with Crippen LogP contribution < -0.4 is 0 Å². The predicted molar refractivity (Wildman–Crippen MR) is 133 cm³/mol. The van der Waals surface area contributed by atoms with E-state index in [1.807, 2.05) is 12.4 Å². The van der Waals surface area contributed by atoms with Gasteiger partial charge in [0, 0.05) is 34.5 Å². The summed E-state index contributed by atoms with van der Waals surface area (Å²) in [4.78, 5) is 10.5. The van der Waals surface area contributed by atoms with Crippen LogP contribution in [0.1, 0.15) is 54.0 Å². The van der Waals surface area contributed by atoms with Crippen molar-refractivity contribution < 1.29 is 0 Å². The molecule has 0 radical (unpaired) electrons. The molecular weight excluding hydrogens is 390 g/mol. The number of pyridine rings is 1. The zero-order valence-electron chi connectivity index (χ0n) is 19.2. The van der Waals surface area contributed by atoms with E-state index in [-0.39, 0.29) is 5.54 Å². The van der Waals surface area contributed by atoms with Gasteiger partial charge in [-0.15, -0.1) is 0 Å². The molecule has 1 aliphatic rings. The molecule has 0 bridgehead atoms. The summed E-state index contributed by atoms with van der Waals surface area (Å²) in [6.45, 7) is 0. The molecule has 164 valence electrons. The first kappa shape index (κ1) is 21.0. The molecule has 2 aromatic carbocycles. The zero-order chi connectivity index (χ0) is 22.0. The van der Waals surface area contributed by atoms with E-state index >= 15 is 0 Å². The number of para-hydroxylation sites is 1. The first-order valence-electron chi connectivity index (χ1n) is 11.9. The van der Waals surface area contributed by atoms with Crippen LogP contribution in [-0.4, -0.2) is 29.0 Å². The standard InChI is InChI=1S/C29H33N3/c1-32(2)29(24-8-4-3-5-9-24)18-14-23(15-19-29)28-26(13-12-22-16-20-30-21-17-22)25-10-6-7-11-27(25)31-28/h3-11,16-17,20-21,23,31H,12-15,18-19H2,1-2H3. The van der Waals surface area contributed by atoms with Crippen LogP contribution in [0.3, 0.4) is 0 Å². The summed E-state index contributed by atoms with van der Waals surface area (Å²) in [6, 6.07) is 24.2. The van der Waals surface area contributed by atoms with E-state index in [2.05, 4.69) is 95.7 Å². The van der Waals surface area contributed by atoms with Gasteiger partial charge >= 0.3 is 0 Å². The number of nitrogens with zero attached hydrogens (tertiary/aromatic N) is 2. The molecule has 2 aromatic heterocycles. The van der Waals surface area contributed by atoms with Crippen LogP contribution in [0, 0.1) is 0 Å². The van der Waals surface area contributed by atoms with Gasteiger partial charge in [-0.05, 0) is 93.4 Å². The molecule has 4 aromatic rings. The lowest BCUT2D eigenvalue weighted by Crippen LogP contribution is -2.44. The summed E-state index contributed by atoms with van der Waals surface area (Å²) in [5.41, 5.74) is 7.22. The minimum Gasteiger partial charge on any atom is -0.358 e. The third-order valence-electron chi connectivity index (χ3n) is 7.65. The molecule has 0 atom stereocenters. The number of aryl methyl sites for hydroxylation is 2. The molecule has 0 aliphatic heterocycles. The van der Waals surface area contributed by atoms with Gasteiger partial charge < -0.3 is 4.98 Å². The molecule has 0 amide bonds. The molecule has 5 rings (SSSR count). The fourth-order valence-electron chi connectivity index (χ4n) is 5.78. The summed E-state index contributed by atoms with van der Waals surface area (Å²) in [6.07, 6.45) is 10.7. The van der Waals surface area contributed by atoms with Crippen molar-refractivity contribution >= 4 is 10.9 Å². The van der Waals surface area contributed by atoms with Gasteiger partial charge in [-0.1, -0.05) is 48.5 Å². The number of hydrogen-bond donors (Lipinski definition) is 1. The Morgan fingerprint density at radius 2 is 1.56 bits per heavy atom.